The van der Waals surface area contributed by atoms with Crippen molar-refractivity contribution in [1.29, 1.82) is 0 Å². The standard InChI is InChI=1S/C15H19N3O2/c1-9-6-10(2)14(16)12(7-9)15-17-13(18-20-15)8-11-4-3-5-19-11/h6-7,11H,3-5,8,16H2,1-2H3. The quantitative estimate of drug-likeness (QED) is 0.870. The van der Waals surface area contributed by atoms with Gasteiger partial charge in [-0.25, -0.2) is 0 Å². The van der Waals surface area contributed by atoms with Crippen LogP contribution in [0.15, 0.2) is 16.7 Å². The van der Waals surface area contributed by atoms with E-state index in [1.54, 1.807) is 0 Å². The summed E-state index contributed by atoms with van der Waals surface area (Å²) in [6.07, 6.45) is 3.10. The number of hydrogen-bond donors (Lipinski definition) is 1. The van der Waals surface area contributed by atoms with Gasteiger partial charge in [0.15, 0.2) is 5.82 Å². The van der Waals surface area contributed by atoms with E-state index >= 15 is 0 Å². The van der Waals surface area contributed by atoms with Crippen LogP contribution in [0.5, 0.6) is 0 Å². The first-order valence-corrected chi connectivity index (χ1v) is 6.95. The Morgan fingerprint density at radius 2 is 2.20 bits per heavy atom. The van der Waals surface area contributed by atoms with Gasteiger partial charge in [-0.2, -0.15) is 4.98 Å². The molecule has 1 atom stereocenters. The van der Waals surface area contributed by atoms with Gasteiger partial charge in [-0.1, -0.05) is 11.2 Å². The lowest BCUT2D eigenvalue weighted by Crippen LogP contribution is -2.09. The molecule has 1 aliphatic heterocycles. The number of ether oxygens (including phenoxy) is 1. The van der Waals surface area contributed by atoms with Crippen LogP contribution in [0, 0.1) is 13.8 Å². The molecule has 0 spiro atoms. The number of nitrogens with two attached hydrogens (primary N) is 1. The number of aryl methyl sites for hydroxylation is 2. The summed E-state index contributed by atoms with van der Waals surface area (Å²) in [6, 6.07) is 4.02. The molecule has 3 rings (SSSR count). The van der Waals surface area contributed by atoms with E-state index in [2.05, 4.69) is 10.1 Å². The van der Waals surface area contributed by atoms with E-state index in [1.807, 2.05) is 26.0 Å². The van der Waals surface area contributed by atoms with Crippen LogP contribution in [-0.4, -0.2) is 22.9 Å². The highest BCUT2D eigenvalue weighted by atomic mass is 16.5. The van der Waals surface area contributed by atoms with Gasteiger partial charge >= 0.3 is 0 Å². The van der Waals surface area contributed by atoms with Crippen LogP contribution in [0.2, 0.25) is 0 Å². The normalized spacial score (nSPS) is 18.6. The highest BCUT2D eigenvalue weighted by molar-refractivity contribution is 5.74. The first-order chi connectivity index (χ1) is 9.63. The maximum Gasteiger partial charge on any atom is 0.260 e. The molecule has 0 bridgehead atoms. The van der Waals surface area contributed by atoms with Crippen LogP contribution >= 0.6 is 0 Å². The molecule has 2 N–H and O–H groups in total. The van der Waals surface area contributed by atoms with Crippen molar-refractivity contribution in [3.8, 4) is 11.5 Å². The first kappa shape index (κ1) is 13.1. The number of anilines is 1. The molecule has 1 fully saturated rings. The Morgan fingerprint density at radius 1 is 1.35 bits per heavy atom. The number of nitrogen functional groups attached to an aromatic ring is 1. The van der Waals surface area contributed by atoms with Crippen LogP contribution in [0.4, 0.5) is 5.69 Å². The molecular formula is C15H19N3O2. The molecule has 1 unspecified atom stereocenters. The van der Waals surface area contributed by atoms with Crippen molar-refractivity contribution in [2.75, 3.05) is 12.3 Å². The van der Waals surface area contributed by atoms with E-state index in [4.69, 9.17) is 15.0 Å². The fourth-order valence-corrected chi connectivity index (χ4v) is 2.61. The Balaban J connectivity index is 1.86. The van der Waals surface area contributed by atoms with Gasteiger partial charge in [0.05, 0.1) is 11.7 Å². The molecule has 1 aromatic heterocycles. The van der Waals surface area contributed by atoms with E-state index in [0.29, 0.717) is 23.8 Å². The third-order valence-corrected chi connectivity index (χ3v) is 3.66. The summed E-state index contributed by atoms with van der Waals surface area (Å²) in [6.45, 7) is 4.84. The molecule has 2 heterocycles. The lowest BCUT2D eigenvalue weighted by molar-refractivity contribution is 0.109. The highest BCUT2D eigenvalue weighted by Gasteiger charge is 2.20. The largest absolute Gasteiger partial charge is 0.398 e. The maximum atomic E-state index is 6.10. The van der Waals surface area contributed by atoms with Crippen molar-refractivity contribution in [3.05, 3.63) is 29.1 Å². The second-order valence-corrected chi connectivity index (χ2v) is 5.40. The molecular weight excluding hydrogens is 254 g/mol. The Bertz CT molecular complexity index is 616. The van der Waals surface area contributed by atoms with Crippen molar-refractivity contribution >= 4 is 5.69 Å². The van der Waals surface area contributed by atoms with Crippen LogP contribution in [0.25, 0.3) is 11.5 Å². The molecule has 0 amide bonds. The Hall–Kier alpha value is -1.88. The fraction of sp³-hybridized carbons (Fsp3) is 0.467. The van der Waals surface area contributed by atoms with E-state index < -0.39 is 0 Å². The number of hydrogen-bond acceptors (Lipinski definition) is 5. The number of nitrogens with zero attached hydrogens (tertiary/aromatic N) is 2. The van der Waals surface area contributed by atoms with Gasteiger partial charge in [0.1, 0.15) is 0 Å². The zero-order chi connectivity index (χ0) is 14.1. The zero-order valence-electron chi connectivity index (χ0n) is 11.8. The van der Waals surface area contributed by atoms with Gasteiger partial charge < -0.3 is 15.0 Å². The molecule has 2 aromatic rings. The molecule has 5 nitrogen and oxygen atoms in total. The lowest BCUT2D eigenvalue weighted by atomic mass is 10.0. The van der Waals surface area contributed by atoms with Gasteiger partial charge in [0.25, 0.3) is 5.89 Å². The first-order valence-electron chi connectivity index (χ1n) is 6.95. The third-order valence-electron chi connectivity index (χ3n) is 3.66. The van der Waals surface area contributed by atoms with E-state index in [1.165, 1.54) is 0 Å². The molecule has 1 aromatic carbocycles. The maximum absolute atomic E-state index is 6.10. The SMILES string of the molecule is Cc1cc(C)c(N)c(-c2nc(CC3CCCO3)no2)c1. The Morgan fingerprint density at radius 3 is 2.95 bits per heavy atom. The smallest absolute Gasteiger partial charge is 0.260 e. The summed E-state index contributed by atoms with van der Waals surface area (Å²) in [7, 11) is 0. The van der Waals surface area contributed by atoms with Crippen molar-refractivity contribution in [3.63, 3.8) is 0 Å². The monoisotopic (exact) mass is 273 g/mol. The molecule has 1 saturated heterocycles. The van der Waals surface area contributed by atoms with Gasteiger partial charge in [0.2, 0.25) is 0 Å². The molecule has 20 heavy (non-hydrogen) atoms. The Kier molecular flexibility index (Phi) is 3.44. The predicted molar refractivity (Wildman–Crippen MR) is 76.3 cm³/mol. The van der Waals surface area contributed by atoms with E-state index in [-0.39, 0.29) is 6.10 Å². The lowest BCUT2D eigenvalue weighted by Gasteiger charge is -2.06. The van der Waals surface area contributed by atoms with Gasteiger partial charge in [-0.3, -0.25) is 0 Å². The molecule has 1 aliphatic rings. The van der Waals surface area contributed by atoms with Gasteiger partial charge in [-0.15, -0.1) is 0 Å². The zero-order valence-corrected chi connectivity index (χ0v) is 11.8. The fourth-order valence-electron chi connectivity index (χ4n) is 2.61. The second kappa shape index (κ2) is 5.25. The van der Waals surface area contributed by atoms with Gasteiger partial charge in [0, 0.05) is 18.7 Å². The molecule has 0 saturated carbocycles. The van der Waals surface area contributed by atoms with E-state index in [9.17, 15) is 0 Å². The minimum atomic E-state index is 0.219. The number of benzene rings is 1. The highest BCUT2D eigenvalue weighted by Crippen LogP contribution is 2.29. The average molecular weight is 273 g/mol. The number of rotatable bonds is 3. The van der Waals surface area contributed by atoms with Gasteiger partial charge in [-0.05, 0) is 43.9 Å². The van der Waals surface area contributed by atoms with Crippen LogP contribution in [0.3, 0.4) is 0 Å². The van der Waals surface area contributed by atoms with Crippen molar-refractivity contribution in [2.45, 2.75) is 39.2 Å². The molecule has 0 aliphatic carbocycles. The van der Waals surface area contributed by atoms with Crippen LogP contribution < -0.4 is 5.73 Å². The summed E-state index contributed by atoms with van der Waals surface area (Å²) in [5.41, 5.74) is 9.77. The third kappa shape index (κ3) is 2.54. The van der Waals surface area contributed by atoms with Crippen molar-refractivity contribution in [2.24, 2.45) is 0 Å². The topological polar surface area (TPSA) is 74.2 Å². The minimum Gasteiger partial charge on any atom is -0.398 e. The van der Waals surface area contributed by atoms with E-state index in [0.717, 1.165) is 36.1 Å². The summed E-state index contributed by atoms with van der Waals surface area (Å²) in [5, 5.41) is 4.03. The Labute approximate surface area is 118 Å². The summed E-state index contributed by atoms with van der Waals surface area (Å²) in [4.78, 5) is 4.45. The average Bonchev–Trinajstić information content (AvgIpc) is 3.06. The molecule has 5 heteroatoms. The van der Waals surface area contributed by atoms with Crippen LogP contribution in [-0.2, 0) is 11.2 Å². The summed E-state index contributed by atoms with van der Waals surface area (Å²) >= 11 is 0. The second-order valence-electron chi connectivity index (χ2n) is 5.40. The predicted octanol–water partition coefficient (Wildman–Crippen LogP) is 2.66. The molecule has 0 radical (unpaired) electrons. The minimum absolute atomic E-state index is 0.219. The summed E-state index contributed by atoms with van der Waals surface area (Å²) < 4.78 is 10.9. The molecule has 106 valence electrons. The van der Waals surface area contributed by atoms with Crippen LogP contribution in [0.1, 0.15) is 29.8 Å². The summed E-state index contributed by atoms with van der Waals surface area (Å²) in [5.74, 6) is 1.17. The van der Waals surface area contributed by atoms with Crippen molar-refractivity contribution in [1.82, 2.24) is 10.1 Å². The van der Waals surface area contributed by atoms with Crippen molar-refractivity contribution < 1.29 is 9.26 Å². The number of aromatic nitrogens is 2.